The van der Waals surface area contributed by atoms with E-state index in [0.29, 0.717) is 16.4 Å². The van der Waals surface area contributed by atoms with E-state index in [1.54, 1.807) is 4.90 Å². The van der Waals surface area contributed by atoms with Crippen LogP contribution in [0.25, 0.3) is 16.0 Å². The van der Waals surface area contributed by atoms with Crippen LogP contribution in [0.1, 0.15) is 33.4 Å². The molecule has 2 aromatic heterocycles. The molecule has 7 nitrogen and oxygen atoms in total. The summed E-state index contributed by atoms with van der Waals surface area (Å²) in [6.07, 6.45) is 0.731. The van der Waals surface area contributed by atoms with Gasteiger partial charge in [-0.25, -0.2) is 4.98 Å². The molecule has 1 atom stereocenters. The number of ketones is 1. The number of hydrogen-bond acceptors (Lipinski definition) is 6. The van der Waals surface area contributed by atoms with Gasteiger partial charge in [-0.3, -0.25) is 14.0 Å². The fourth-order valence-electron chi connectivity index (χ4n) is 4.65. The van der Waals surface area contributed by atoms with Crippen molar-refractivity contribution in [2.24, 2.45) is 0 Å². The number of amides is 1. The maximum Gasteiger partial charge on any atom is 0.290 e. The zero-order valence-electron chi connectivity index (χ0n) is 19.4. The summed E-state index contributed by atoms with van der Waals surface area (Å²) in [5, 5.41) is 10.9. The first-order valence-corrected chi connectivity index (χ1v) is 12.0. The molecule has 2 aromatic carbocycles. The maximum atomic E-state index is 13.9. The number of benzene rings is 2. The van der Waals surface area contributed by atoms with E-state index in [9.17, 15) is 14.7 Å². The Kier molecular flexibility index (Phi) is 5.71. The molecule has 1 unspecified atom stereocenters. The molecular weight excluding hydrogens is 448 g/mol. The molecule has 5 rings (SSSR count). The smallest absolute Gasteiger partial charge is 0.290 e. The predicted molar refractivity (Wildman–Crippen MR) is 133 cm³/mol. The van der Waals surface area contributed by atoms with Crippen molar-refractivity contribution in [3.8, 4) is 0 Å². The van der Waals surface area contributed by atoms with Gasteiger partial charge < -0.3 is 14.9 Å². The first kappa shape index (κ1) is 22.3. The fourth-order valence-corrected chi connectivity index (χ4v) is 5.75. The number of rotatable bonds is 7. The zero-order valence-corrected chi connectivity index (χ0v) is 20.2. The molecule has 174 valence electrons. The molecule has 3 heterocycles. The van der Waals surface area contributed by atoms with Crippen LogP contribution in [-0.2, 0) is 4.79 Å². The van der Waals surface area contributed by atoms with Crippen molar-refractivity contribution >= 4 is 39.0 Å². The number of Topliss-reactive ketones (excluding diaryl/α,β-unsaturated/α-hetero) is 1. The largest absolute Gasteiger partial charge is 0.503 e. The SMILES string of the molecule is Cc1c(C(=O)C2=C(O)C(=O)N(CCCN(C)C)C2c2ccccc2)sc2nc3ccccc3n12. The lowest BCUT2D eigenvalue weighted by atomic mass is 9.95. The van der Waals surface area contributed by atoms with Gasteiger partial charge in [-0.05, 0) is 51.7 Å². The highest BCUT2D eigenvalue weighted by atomic mass is 32.1. The Labute approximate surface area is 201 Å². The van der Waals surface area contributed by atoms with E-state index in [2.05, 4.69) is 4.98 Å². The van der Waals surface area contributed by atoms with Gasteiger partial charge in [-0.2, -0.15) is 0 Å². The van der Waals surface area contributed by atoms with Crippen molar-refractivity contribution in [2.45, 2.75) is 19.4 Å². The Balaban J connectivity index is 1.58. The second kappa shape index (κ2) is 8.70. The summed E-state index contributed by atoms with van der Waals surface area (Å²) < 4.78 is 1.97. The topological polar surface area (TPSA) is 78.2 Å². The van der Waals surface area contributed by atoms with Gasteiger partial charge in [0.25, 0.3) is 5.91 Å². The Morgan fingerprint density at radius 2 is 1.82 bits per heavy atom. The van der Waals surface area contributed by atoms with E-state index in [-0.39, 0.29) is 11.4 Å². The highest BCUT2D eigenvalue weighted by Gasteiger charge is 2.44. The van der Waals surface area contributed by atoms with Crippen LogP contribution < -0.4 is 0 Å². The first-order chi connectivity index (χ1) is 16.4. The summed E-state index contributed by atoms with van der Waals surface area (Å²) in [4.78, 5) is 36.6. The Morgan fingerprint density at radius 1 is 1.12 bits per heavy atom. The highest BCUT2D eigenvalue weighted by molar-refractivity contribution is 7.19. The number of thiazole rings is 1. The van der Waals surface area contributed by atoms with E-state index in [1.165, 1.54) is 11.3 Å². The van der Waals surface area contributed by atoms with Crippen LogP contribution >= 0.6 is 11.3 Å². The molecule has 0 aliphatic carbocycles. The normalized spacial score (nSPS) is 16.5. The number of aliphatic hydroxyl groups is 1. The van der Waals surface area contributed by atoms with Crippen molar-refractivity contribution in [1.82, 2.24) is 19.2 Å². The quantitative estimate of drug-likeness (QED) is 0.402. The van der Waals surface area contributed by atoms with Crippen LogP contribution in [0.5, 0.6) is 0 Å². The van der Waals surface area contributed by atoms with Gasteiger partial charge in [0.15, 0.2) is 10.7 Å². The summed E-state index contributed by atoms with van der Waals surface area (Å²) in [6.45, 7) is 3.12. The second-order valence-corrected chi connectivity index (χ2v) is 9.77. The molecule has 0 fully saturated rings. The monoisotopic (exact) mass is 474 g/mol. The number of aromatic nitrogens is 2. The average Bonchev–Trinajstić information content (AvgIpc) is 3.44. The third-order valence-electron chi connectivity index (χ3n) is 6.26. The van der Waals surface area contributed by atoms with Crippen molar-refractivity contribution in [3.63, 3.8) is 0 Å². The average molecular weight is 475 g/mol. The Hall–Kier alpha value is -3.49. The number of para-hydroxylation sites is 2. The second-order valence-electron chi connectivity index (χ2n) is 8.80. The van der Waals surface area contributed by atoms with E-state index in [1.807, 2.05) is 84.9 Å². The number of aliphatic hydroxyl groups excluding tert-OH is 1. The molecule has 0 saturated carbocycles. The lowest BCUT2D eigenvalue weighted by Crippen LogP contribution is -2.33. The maximum absolute atomic E-state index is 13.9. The summed E-state index contributed by atoms with van der Waals surface area (Å²) in [5.74, 6) is -1.29. The minimum absolute atomic E-state index is 0.137. The summed E-state index contributed by atoms with van der Waals surface area (Å²) in [6, 6.07) is 16.6. The number of fused-ring (bicyclic) bond motifs is 3. The van der Waals surface area contributed by atoms with Gasteiger partial charge in [0.1, 0.15) is 0 Å². The molecule has 1 amide bonds. The van der Waals surface area contributed by atoms with E-state index >= 15 is 0 Å². The number of aryl methyl sites for hydroxylation is 1. The van der Waals surface area contributed by atoms with Crippen molar-refractivity contribution in [3.05, 3.63) is 82.1 Å². The molecular formula is C26H26N4O3S. The van der Waals surface area contributed by atoms with Crippen LogP contribution in [0.3, 0.4) is 0 Å². The minimum Gasteiger partial charge on any atom is -0.503 e. The molecule has 34 heavy (non-hydrogen) atoms. The van der Waals surface area contributed by atoms with E-state index < -0.39 is 17.7 Å². The lowest BCUT2D eigenvalue weighted by Gasteiger charge is -2.27. The number of carbonyl (C=O) groups excluding carboxylic acids is 2. The van der Waals surface area contributed by atoms with Gasteiger partial charge in [-0.15, -0.1) is 0 Å². The Morgan fingerprint density at radius 3 is 2.56 bits per heavy atom. The third-order valence-corrected chi connectivity index (χ3v) is 7.40. The van der Waals surface area contributed by atoms with E-state index in [0.717, 1.165) is 35.3 Å². The number of imidazole rings is 1. The van der Waals surface area contributed by atoms with Crippen LogP contribution in [0.4, 0.5) is 0 Å². The molecule has 1 aliphatic rings. The van der Waals surface area contributed by atoms with E-state index in [4.69, 9.17) is 0 Å². The van der Waals surface area contributed by atoms with Gasteiger partial charge in [0.2, 0.25) is 5.78 Å². The van der Waals surface area contributed by atoms with Crippen molar-refractivity contribution < 1.29 is 14.7 Å². The molecule has 4 aromatic rings. The van der Waals surface area contributed by atoms with Crippen LogP contribution in [0.2, 0.25) is 0 Å². The standard InChI is InChI=1S/C26H26N4O3S/c1-16-24(34-26-27-18-12-7-8-13-19(18)30(16)26)22(31)20-21(17-10-5-4-6-11-17)29(25(33)23(20)32)15-9-14-28(2)3/h4-8,10-13,21,32H,9,14-15H2,1-3H3. The minimum atomic E-state index is -0.631. The number of carbonyl (C=O) groups is 2. The van der Waals surface area contributed by atoms with Gasteiger partial charge >= 0.3 is 0 Å². The lowest BCUT2D eigenvalue weighted by molar-refractivity contribution is -0.129. The predicted octanol–water partition coefficient (Wildman–Crippen LogP) is 4.39. The van der Waals surface area contributed by atoms with Gasteiger partial charge in [0.05, 0.1) is 27.5 Å². The molecule has 0 radical (unpaired) electrons. The van der Waals surface area contributed by atoms with Gasteiger partial charge in [0, 0.05) is 12.2 Å². The fraction of sp³-hybridized carbons (Fsp3) is 0.269. The summed E-state index contributed by atoms with van der Waals surface area (Å²) >= 11 is 1.29. The molecule has 8 heteroatoms. The first-order valence-electron chi connectivity index (χ1n) is 11.2. The van der Waals surface area contributed by atoms with Gasteiger partial charge in [-0.1, -0.05) is 53.8 Å². The summed E-state index contributed by atoms with van der Waals surface area (Å²) in [5.41, 5.74) is 3.49. The van der Waals surface area contributed by atoms with Crippen molar-refractivity contribution in [1.29, 1.82) is 0 Å². The summed E-state index contributed by atoms with van der Waals surface area (Å²) in [7, 11) is 3.95. The molecule has 0 saturated heterocycles. The van der Waals surface area contributed by atoms with Crippen LogP contribution in [0, 0.1) is 6.92 Å². The molecule has 0 spiro atoms. The molecule has 1 N–H and O–H groups in total. The highest BCUT2D eigenvalue weighted by Crippen LogP contribution is 2.41. The number of nitrogens with zero attached hydrogens (tertiary/aromatic N) is 4. The van der Waals surface area contributed by atoms with Crippen molar-refractivity contribution in [2.75, 3.05) is 27.2 Å². The zero-order chi connectivity index (χ0) is 24.0. The Bertz CT molecular complexity index is 1430. The molecule has 0 bridgehead atoms. The third kappa shape index (κ3) is 3.59. The molecule has 1 aliphatic heterocycles. The van der Waals surface area contributed by atoms with Crippen LogP contribution in [0.15, 0.2) is 65.9 Å². The van der Waals surface area contributed by atoms with Crippen LogP contribution in [-0.4, -0.2) is 63.2 Å². The number of hydrogen-bond donors (Lipinski definition) is 1.